The molecule has 7 heteroatoms. The third kappa shape index (κ3) is 5.00. The maximum Gasteiger partial charge on any atom is 0.269 e. The number of non-ortho nitro benzene ring substituents is 1. The van der Waals surface area contributed by atoms with E-state index in [1.807, 2.05) is 0 Å². The molecule has 0 heterocycles. The fraction of sp³-hybridized carbons (Fsp3) is 0.0870. The molecule has 0 spiro atoms. The highest BCUT2D eigenvalue weighted by atomic mass is 19.1. The molecule has 3 aromatic carbocycles. The van der Waals surface area contributed by atoms with E-state index in [0.29, 0.717) is 33.8 Å². The minimum Gasteiger partial charge on any atom is -0.493 e. The lowest BCUT2D eigenvalue weighted by atomic mass is 10.0. The van der Waals surface area contributed by atoms with Crippen LogP contribution in [-0.4, -0.2) is 12.0 Å². The van der Waals surface area contributed by atoms with Crippen LogP contribution < -0.4 is 9.47 Å². The van der Waals surface area contributed by atoms with Gasteiger partial charge in [-0.05, 0) is 59.2 Å². The molecule has 0 aliphatic rings. The third-order valence-corrected chi connectivity index (χ3v) is 4.29. The van der Waals surface area contributed by atoms with Crippen molar-refractivity contribution >= 4 is 17.3 Å². The Morgan fingerprint density at radius 2 is 1.90 bits per heavy atom. The first-order valence-electron chi connectivity index (χ1n) is 8.92. The van der Waals surface area contributed by atoms with Gasteiger partial charge in [-0.1, -0.05) is 18.2 Å². The Morgan fingerprint density at radius 3 is 2.53 bits per heavy atom. The lowest BCUT2D eigenvalue weighted by Crippen LogP contribution is -1.98. The number of rotatable bonds is 7. The lowest BCUT2D eigenvalue weighted by Gasteiger charge is -2.12. The molecule has 0 bridgehead atoms. The molecule has 6 nitrogen and oxygen atoms in total. The molecule has 3 aromatic rings. The highest BCUT2D eigenvalue weighted by Crippen LogP contribution is 2.30. The molecule has 0 amide bonds. The summed E-state index contributed by atoms with van der Waals surface area (Å²) in [5, 5.41) is 20.3. The first-order valence-corrected chi connectivity index (χ1v) is 8.92. The SMILES string of the molecule is COc1cc(/C=C(/C#N)c2ccc([N+](=O)[O-])cc2)ccc1OCc1cccc(F)c1. The second-order valence-corrected chi connectivity index (χ2v) is 6.30. The number of nitriles is 1. The second-order valence-electron chi connectivity index (χ2n) is 6.30. The minimum atomic E-state index is -0.493. The Morgan fingerprint density at radius 1 is 1.13 bits per heavy atom. The van der Waals surface area contributed by atoms with Crippen LogP contribution in [0.4, 0.5) is 10.1 Å². The van der Waals surface area contributed by atoms with E-state index in [-0.39, 0.29) is 18.1 Å². The number of hydrogen-bond donors (Lipinski definition) is 0. The summed E-state index contributed by atoms with van der Waals surface area (Å²) in [5.41, 5.74) is 2.25. The quantitative estimate of drug-likeness (QED) is 0.228. The van der Waals surface area contributed by atoms with Crippen LogP contribution in [0.3, 0.4) is 0 Å². The van der Waals surface area contributed by atoms with Crippen LogP contribution in [0.1, 0.15) is 16.7 Å². The molecule has 0 aliphatic carbocycles. The second kappa shape index (κ2) is 9.34. The zero-order valence-electron chi connectivity index (χ0n) is 16.0. The van der Waals surface area contributed by atoms with Gasteiger partial charge in [-0.25, -0.2) is 4.39 Å². The van der Waals surface area contributed by atoms with Crippen molar-refractivity contribution in [2.45, 2.75) is 6.61 Å². The zero-order valence-corrected chi connectivity index (χ0v) is 16.0. The number of nitro benzene ring substituents is 1. The fourth-order valence-corrected chi connectivity index (χ4v) is 2.79. The number of hydrogen-bond acceptors (Lipinski definition) is 5. The molecule has 0 N–H and O–H groups in total. The molecule has 0 radical (unpaired) electrons. The first-order chi connectivity index (χ1) is 14.5. The molecule has 30 heavy (non-hydrogen) atoms. The van der Waals surface area contributed by atoms with Gasteiger partial charge in [0.05, 0.1) is 23.7 Å². The third-order valence-electron chi connectivity index (χ3n) is 4.29. The Bertz CT molecular complexity index is 1130. The molecule has 0 unspecified atom stereocenters. The summed E-state index contributed by atoms with van der Waals surface area (Å²) in [5.74, 6) is 0.604. The number of halogens is 1. The Hall–Kier alpha value is -4.18. The van der Waals surface area contributed by atoms with Crippen LogP contribution in [-0.2, 0) is 6.61 Å². The average molecular weight is 404 g/mol. The van der Waals surface area contributed by atoms with Gasteiger partial charge in [-0.15, -0.1) is 0 Å². The van der Waals surface area contributed by atoms with Crippen LogP contribution in [0.25, 0.3) is 11.6 Å². The Labute approximate surface area is 172 Å². The average Bonchev–Trinajstić information content (AvgIpc) is 2.76. The van der Waals surface area contributed by atoms with E-state index in [4.69, 9.17) is 9.47 Å². The summed E-state index contributed by atoms with van der Waals surface area (Å²) >= 11 is 0. The van der Waals surface area contributed by atoms with Gasteiger partial charge in [-0.3, -0.25) is 10.1 Å². The van der Waals surface area contributed by atoms with Crippen LogP contribution in [0.5, 0.6) is 11.5 Å². The molecule has 150 valence electrons. The van der Waals surface area contributed by atoms with Gasteiger partial charge in [0.25, 0.3) is 5.69 Å². The standard InChI is InChI=1S/C23H17FN2O4/c1-29-23-13-16(5-10-22(23)30-15-17-3-2-4-20(24)12-17)11-19(14-25)18-6-8-21(9-7-18)26(27)28/h2-13H,15H2,1H3/b19-11-. The first kappa shape index (κ1) is 20.6. The van der Waals surface area contributed by atoms with Crippen molar-refractivity contribution in [2.75, 3.05) is 7.11 Å². The molecule has 3 rings (SSSR count). The number of nitro groups is 1. The predicted molar refractivity (Wildman–Crippen MR) is 110 cm³/mol. The van der Waals surface area contributed by atoms with Crippen molar-refractivity contribution in [3.63, 3.8) is 0 Å². The number of ether oxygens (including phenoxy) is 2. The summed E-state index contributed by atoms with van der Waals surface area (Å²) in [6.07, 6.45) is 1.65. The fourth-order valence-electron chi connectivity index (χ4n) is 2.79. The molecular formula is C23H17FN2O4. The number of methoxy groups -OCH3 is 1. The largest absolute Gasteiger partial charge is 0.493 e. The monoisotopic (exact) mass is 404 g/mol. The van der Waals surface area contributed by atoms with Crippen LogP contribution >= 0.6 is 0 Å². The van der Waals surface area contributed by atoms with Gasteiger partial charge in [0, 0.05) is 12.1 Å². The topological polar surface area (TPSA) is 85.4 Å². The van der Waals surface area contributed by atoms with Gasteiger partial charge in [0.15, 0.2) is 11.5 Å². The van der Waals surface area contributed by atoms with Crippen molar-refractivity contribution in [3.05, 3.63) is 99.4 Å². The van der Waals surface area contributed by atoms with Crippen molar-refractivity contribution < 1.29 is 18.8 Å². The van der Waals surface area contributed by atoms with Crippen molar-refractivity contribution in [2.24, 2.45) is 0 Å². The number of nitrogens with zero attached hydrogens (tertiary/aromatic N) is 2. The molecule has 0 saturated heterocycles. The van der Waals surface area contributed by atoms with E-state index in [1.165, 1.54) is 43.5 Å². The van der Waals surface area contributed by atoms with E-state index in [2.05, 4.69) is 6.07 Å². The molecular weight excluding hydrogens is 387 g/mol. The summed E-state index contributed by atoms with van der Waals surface area (Å²) < 4.78 is 24.4. The van der Waals surface area contributed by atoms with E-state index < -0.39 is 4.92 Å². The minimum absolute atomic E-state index is 0.0440. The smallest absolute Gasteiger partial charge is 0.269 e. The molecule has 0 aliphatic heterocycles. The van der Waals surface area contributed by atoms with Gasteiger partial charge >= 0.3 is 0 Å². The molecule has 0 saturated carbocycles. The van der Waals surface area contributed by atoms with E-state index >= 15 is 0 Å². The normalized spacial score (nSPS) is 10.9. The van der Waals surface area contributed by atoms with Gasteiger partial charge in [0.1, 0.15) is 12.4 Å². The molecule has 0 fully saturated rings. The van der Waals surface area contributed by atoms with Crippen molar-refractivity contribution in [1.29, 1.82) is 5.26 Å². The predicted octanol–water partition coefficient (Wildman–Crippen LogP) is 5.39. The van der Waals surface area contributed by atoms with E-state index in [0.717, 1.165) is 0 Å². The summed E-state index contributed by atoms with van der Waals surface area (Å²) in [6.45, 7) is 0.176. The van der Waals surface area contributed by atoms with Crippen molar-refractivity contribution in [3.8, 4) is 17.6 Å². The van der Waals surface area contributed by atoms with Gasteiger partial charge < -0.3 is 9.47 Å². The Balaban J connectivity index is 1.81. The van der Waals surface area contributed by atoms with Crippen LogP contribution in [0.15, 0.2) is 66.7 Å². The maximum atomic E-state index is 13.3. The summed E-state index contributed by atoms with van der Waals surface area (Å²) in [6, 6.07) is 19.2. The van der Waals surface area contributed by atoms with E-state index in [1.54, 1.807) is 36.4 Å². The lowest BCUT2D eigenvalue weighted by molar-refractivity contribution is -0.384. The highest BCUT2D eigenvalue weighted by Gasteiger charge is 2.09. The molecule has 0 aromatic heterocycles. The van der Waals surface area contributed by atoms with Crippen LogP contribution in [0.2, 0.25) is 0 Å². The molecule has 0 atom stereocenters. The summed E-state index contributed by atoms with van der Waals surface area (Å²) in [7, 11) is 1.50. The number of benzene rings is 3. The van der Waals surface area contributed by atoms with E-state index in [9.17, 15) is 19.8 Å². The highest BCUT2D eigenvalue weighted by molar-refractivity contribution is 5.90. The Kier molecular flexibility index (Phi) is 6.40. The maximum absolute atomic E-state index is 13.3. The van der Waals surface area contributed by atoms with Gasteiger partial charge in [0.2, 0.25) is 0 Å². The number of allylic oxidation sites excluding steroid dienone is 1. The summed E-state index contributed by atoms with van der Waals surface area (Å²) in [4.78, 5) is 10.3. The van der Waals surface area contributed by atoms with Crippen molar-refractivity contribution in [1.82, 2.24) is 0 Å². The van der Waals surface area contributed by atoms with Gasteiger partial charge in [-0.2, -0.15) is 5.26 Å². The van der Waals surface area contributed by atoms with Crippen LogP contribution in [0, 0.1) is 27.3 Å². The zero-order chi connectivity index (χ0) is 21.5.